The molecule has 3 nitrogen and oxygen atoms in total. The molecule has 0 bridgehead atoms. The Balaban J connectivity index is 2.10. The molecular formula is C14H12F2N2O. The maximum absolute atomic E-state index is 13.7. The van der Waals surface area contributed by atoms with E-state index in [4.69, 9.17) is 4.42 Å². The Kier molecular flexibility index (Phi) is 2.81. The molecule has 3 aromatic rings. The molecule has 5 heteroatoms. The fraction of sp³-hybridized carbons (Fsp3) is 0.214. The lowest BCUT2D eigenvalue weighted by atomic mass is 10.1. The van der Waals surface area contributed by atoms with Crippen LogP contribution in [0.4, 0.5) is 8.78 Å². The highest BCUT2D eigenvalue weighted by Gasteiger charge is 2.13. The Bertz CT molecular complexity index is 730. The summed E-state index contributed by atoms with van der Waals surface area (Å²) < 4.78 is 33.7. The van der Waals surface area contributed by atoms with E-state index in [-0.39, 0.29) is 5.56 Å². The van der Waals surface area contributed by atoms with E-state index in [2.05, 4.69) is 11.9 Å². The monoisotopic (exact) mass is 262 g/mol. The quantitative estimate of drug-likeness (QED) is 0.718. The summed E-state index contributed by atoms with van der Waals surface area (Å²) in [6, 6.07) is 3.45. The van der Waals surface area contributed by atoms with Crippen LogP contribution in [0.25, 0.3) is 17.1 Å². The maximum atomic E-state index is 13.7. The fourth-order valence-corrected chi connectivity index (χ4v) is 2.09. The summed E-state index contributed by atoms with van der Waals surface area (Å²) in [6.45, 7) is 2.07. The van der Waals surface area contributed by atoms with Gasteiger partial charge >= 0.3 is 5.84 Å². The number of fused-ring (bicyclic) bond motifs is 1. The van der Waals surface area contributed by atoms with Crippen LogP contribution in [0.2, 0.25) is 0 Å². The molecule has 98 valence electrons. The van der Waals surface area contributed by atoms with Crippen LogP contribution in [0.5, 0.6) is 0 Å². The van der Waals surface area contributed by atoms with E-state index < -0.39 is 11.6 Å². The van der Waals surface area contributed by atoms with E-state index in [0.717, 1.165) is 24.6 Å². The SMILES string of the molecule is CCCc1coc2nc(-c3ccc(F)cc3F)cn12. The molecule has 0 aliphatic rings. The number of benzene rings is 1. The van der Waals surface area contributed by atoms with Gasteiger partial charge in [0.2, 0.25) is 0 Å². The number of hydrogen-bond acceptors (Lipinski definition) is 2. The molecule has 2 heterocycles. The van der Waals surface area contributed by atoms with Gasteiger partial charge in [-0.3, -0.25) is 4.40 Å². The molecule has 2 aromatic heterocycles. The summed E-state index contributed by atoms with van der Waals surface area (Å²) >= 11 is 0. The van der Waals surface area contributed by atoms with Crippen LogP contribution in [0.15, 0.2) is 35.1 Å². The van der Waals surface area contributed by atoms with Gasteiger partial charge in [0.15, 0.2) is 0 Å². The lowest BCUT2D eigenvalue weighted by molar-refractivity contribution is 0.584. The first-order chi connectivity index (χ1) is 9.19. The maximum Gasteiger partial charge on any atom is 0.306 e. The van der Waals surface area contributed by atoms with E-state index in [1.165, 1.54) is 12.1 Å². The Labute approximate surface area is 108 Å². The van der Waals surface area contributed by atoms with Crippen molar-refractivity contribution in [1.29, 1.82) is 0 Å². The molecule has 0 unspecified atom stereocenters. The molecule has 0 fully saturated rings. The van der Waals surface area contributed by atoms with Crippen LogP contribution in [-0.4, -0.2) is 9.38 Å². The smallest absolute Gasteiger partial charge is 0.306 e. The van der Waals surface area contributed by atoms with E-state index in [1.54, 1.807) is 16.9 Å². The summed E-state index contributed by atoms with van der Waals surface area (Å²) in [7, 11) is 0. The van der Waals surface area contributed by atoms with Crippen LogP contribution in [0, 0.1) is 11.6 Å². The highest BCUT2D eigenvalue weighted by Crippen LogP contribution is 2.24. The van der Waals surface area contributed by atoms with Gasteiger partial charge in [0, 0.05) is 17.8 Å². The molecule has 0 saturated heterocycles. The van der Waals surface area contributed by atoms with Crippen LogP contribution >= 0.6 is 0 Å². The number of oxazole rings is 1. The van der Waals surface area contributed by atoms with E-state index >= 15 is 0 Å². The molecule has 0 aliphatic carbocycles. The van der Waals surface area contributed by atoms with Crippen molar-refractivity contribution in [2.75, 3.05) is 0 Å². The van der Waals surface area contributed by atoms with Crippen LogP contribution < -0.4 is 0 Å². The number of rotatable bonds is 3. The molecule has 1 aromatic carbocycles. The number of halogens is 2. The largest absolute Gasteiger partial charge is 0.431 e. The average Bonchev–Trinajstić information content (AvgIpc) is 2.91. The lowest BCUT2D eigenvalue weighted by Crippen LogP contribution is -1.88. The van der Waals surface area contributed by atoms with Crippen molar-refractivity contribution < 1.29 is 13.2 Å². The summed E-state index contributed by atoms with van der Waals surface area (Å²) in [6.07, 6.45) is 5.19. The van der Waals surface area contributed by atoms with Crippen molar-refractivity contribution in [3.63, 3.8) is 0 Å². The third-order valence-corrected chi connectivity index (χ3v) is 3.00. The van der Waals surface area contributed by atoms with Crippen LogP contribution in [0.1, 0.15) is 19.0 Å². The molecule has 0 atom stereocenters. The number of aryl methyl sites for hydroxylation is 1. The summed E-state index contributed by atoms with van der Waals surface area (Å²) in [4.78, 5) is 4.21. The van der Waals surface area contributed by atoms with Gasteiger partial charge in [-0.1, -0.05) is 13.3 Å². The molecule has 0 amide bonds. The predicted molar refractivity (Wildman–Crippen MR) is 66.8 cm³/mol. The second-order valence-corrected chi connectivity index (χ2v) is 4.38. The normalized spacial score (nSPS) is 11.3. The number of hydrogen-bond donors (Lipinski definition) is 0. The third kappa shape index (κ3) is 2.01. The topological polar surface area (TPSA) is 30.4 Å². The first-order valence-electron chi connectivity index (χ1n) is 6.10. The van der Waals surface area contributed by atoms with E-state index in [9.17, 15) is 8.78 Å². The molecular weight excluding hydrogens is 250 g/mol. The van der Waals surface area contributed by atoms with Crippen molar-refractivity contribution in [1.82, 2.24) is 9.38 Å². The molecule has 0 aliphatic heterocycles. The molecule has 3 rings (SSSR count). The standard InChI is InChI=1S/C14H12F2N2O/c1-2-3-10-8-19-14-17-13(7-18(10)14)11-5-4-9(15)6-12(11)16/h4-8H,2-3H2,1H3. The Morgan fingerprint density at radius 3 is 2.89 bits per heavy atom. The van der Waals surface area contributed by atoms with Crippen LogP contribution in [-0.2, 0) is 6.42 Å². The van der Waals surface area contributed by atoms with Crippen LogP contribution in [0.3, 0.4) is 0 Å². The first-order valence-corrected chi connectivity index (χ1v) is 6.10. The minimum Gasteiger partial charge on any atom is -0.431 e. The summed E-state index contributed by atoms with van der Waals surface area (Å²) in [5.41, 5.74) is 1.69. The minimum absolute atomic E-state index is 0.266. The van der Waals surface area contributed by atoms with Gasteiger partial charge < -0.3 is 4.42 Å². The van der Waals surface area contributed by atoms with Gasteiger partial charge in [-0.15, -0.1) is 0 Å². The Morgan fingerprint density at radius 1 is 1.32 bits per heavy atom. The molecule has 0 radical (unpaired) electrons. The van der Waals surface area contributed by atoms with Gasteiger partial charge in [0.1, 0.15) is 17.9 Å². The van der Waals surface area contributed by atoms with Crippen molar-refractivity contribution in [2.24, 2.45) is 0 Å². The number of aromatic nitrogens is 2. The minimum atomic E-state index is -0.627. The highest BCUT2D eigenvalue weighted by molar-refractivity contribution is 5.61. The second-order valence-electron chi connectivity index (χ2n) is 4.38. The zero-order valence-electron chi connectivity index (χ0n) is 10.4. The number of nitrogens with zero attached hydrogens (tertiary/aromatic N) is 2. The van der Waals surface area contributed by atoms with Gasteiger partial charge in [0.25, 0.3) is 0 Å². The molecule has 0 N–H and O–H groups in total. The molecule has 0 saturated carbocycles. The van der Waals surface area contributed by atoms with Crippen molar-refractivity contribution in [2.45, 2.75) is 19.8 Å². The fourth-order valence-electron chi connectivity index (χ4n) is 2.09. The number of imidazole rings is 1. The zero-order valence-corrected chi connectivity index (χ0v) is 10.4. The highest BCUT2D eigenvalue weighted by atomic mass is 19.1. The van der Waals surface area contributed by atoms with Gasteiger partial charge in [-0.25, -0.2) is 8.78 Å². The Hall–Kier alpha value is -2.17. The van der Waals surface area contributed by atoms with Gasteiger partial charge in [0.05, 0.1) is 11.4 Å². The van der Waals surface area contributed by atoms with E-state index in [1.807, 2.05) is 0 Å². The average molecular weight is 262 g/mol. The zero-order chi connectivity index (χ0) is 13.4. The summed E-state index contributed by atoms with van der Waals surface area (Å²) in [5, 5.41) is 0. The van der Waals surface area contributed by atoms with Gasteiger partial charge in [-0.2, -0.15) is 4.98 Å². The Morgan fingerprint density at radius 2 is 2.16 bits per heavy atom. The predicted octanol–water partition coefficient (Wildman–Crippen LogP) is 3.83. The van der Waals surface area contributed by atoms with Crippen molar-refractivity contribution in [3.8, 4) is 11.3 Å². The molecule has 19 heavy (non-hydrogen) atoms. The van der Waals surface area contributed by atoms with E-state index in [0.29, 0.717) is 11.5 Å². The van der Waals surface area contributed by atoms with Crippen molar-refractivity contribution in [3.05, 3.63) is 48.0 Å². The summed E-state index contributed by atoms with van der Waals surface area (Å²) in [5.74, 6) is -0.809. The third-order valence-electron chi connectivity index (χ3n) is 3.00. The lowest BCUT2D eigenvalue weighted by Gasteiger charge is -1.98. The first kappa shape index (κ1) is 11.9. The van der Waals surface area contributed by atoms with Crippen molar-refractivity contribution >= 4 is 5.84 Å². The molecule has 0 spiro atoms. The van der Waals surface area contributed by atoms with Gasteiger partial charge in [-0.05, 0) is 18.6 Å². The second kappa shape index (κ2) is 4.50.